The SMILES string of the molecule is O=C(CC1(O)CCCCC1)N1CCC(Nc2ccccc2)C1. The highest BCUT2D eigenvalue weighted by molar-refractivity contribution is 5.77. The molecule has 1 aromatic rings. The fourth-order valence-electron chi connectivity index (χ4n) is 3.65. The molecule has 1 atom stereocenters. The van der Waals surface area contributed by atoms with Crippen LogP contribution in [0, 0.1) is 0 Å². The third-order valence-electron chi connectivity index (χ3n) is 4.95. The van der Waals surface area contributed by atoms with Gasteiger partial charge in [0.15, 0.2) is 0 Å². The molecule has 0 aromatic heterocycles. The number of aliphatic hydroxyl groups is 1. The summed E-state index contributed by atoms with van der Waals surface area (Å²) in [5.74, 6) is 0.113. The monoisotopic (exact) mass is 302 g/mol. The minimum Gasteiger partial charge on any atom is -0.389 e. The van der Waals surface area contributed by atoms with E-state index >= 15 is 0 Å². The molecule has 4 nitrogen and oxygen atoms in total. The molecule has 1 saturated carbocycles. The molecular weight excluding hydrogens is 276 g/mol. The molecule has 2 fully saturated rings. The van der Waals surface area contributed by atoms with Crippen molar-refractivity contribution in [3.63, 3.8) is 0 Å². The molecule has 1 aliphatic heterocycles. The summed E-state index contributed by atoms with van der Waals surface area (Å²) >= 11 is 0. The van der Waals surface area contributed by atoms with Crippen LogP contribution >= 0.6 is 0 Å². The first-order valence-corrected chi connectivity index (χ1v) is 8.46. The Morgan fingerprint density at radius 1 is 1.23 bits per heavy atom. The number of amides is 1. The van der Waals surface area contributed by atoms with E-state index in [9.17, 15) is 9.90 Å². The molecule has 1 aliphatic carbocycles. The van der Waals surface area contributed by atoms with E-state index < -0.39 is 5.60 Å². The molecule has 0 spiro atoms. The van der Waals surface area contributed by atoms with Gasteiger partial charge in [-0.15, -0.1) is 0 Å². The molecule has 2 N–H and O–H groups in total. The molecular formula is C18H26N2O2. The van der Waals surface area contributed by atoms with Gasteiger partial charge >= 0.3 is 0 Å². The Kier molecular flexibility index (Phi) is 4.67. The van der Waals surface area contributed by atoms with Crippen LogP contribution in [0.1, 0.15) is 44.9 Å². The summed E-state index contributed by atoms with van der Waals surface area (Å²) in [7, 11) is 0. The maximum Gasteiger partial charge on any atom is 0.225 e. The lowest BCUT2D eigenvalue weighted by molar-refractivity contribution is -0.136. The summed E-state index contributed by atoms with van der Waals surface area (Å²) in [6.07, 6.45) is 6.09. The van der Waals surface area contributed by atoms with Gasteiger partial charge in [-0.3, -0.25) is 4.79 Å². The Hall–Kier alpha value is -1.55. The van der Waals surface area contributed by atoms with Gasteiger partial charge < -0.3 is 15.3 Å². The molecule has 0 radical (unpaired) electrons. The van der Waals surface area contributed by atoms with Crippen LogP contribution in [0.25, 0.3) is 0 Å². The Morgan fingerprint density at radius 3 is 2.68 bits per heavy atom. The summed E-state index contributed by atoms with van der Waals surface area (Å²) in [6.45, 7) is 1.53. The third kappa shape index (κ3) is 3.80. The van der Waals surface area contributed by atoms with Gasteiger partial charge in [0.25, 0.3) is 0 Å². The van der Waals surface area contributed by atoms with E-state index in [0.29, 0.717) is 12.5 Å². The van der Waals surface area contributed by atoms with E-state index in [1.807, 2.05) is 23.1 Å². The molecule has 3 rings (SSSR count). The Bertz CT molecular complexity index is 497. The molecule has 1 amide bonds. The number of para-hydroxylation sites is 1. The predicted molar refractivity (Wildman–Crippen MR) is 87.7 cm³/mol. The third-order valence-corrected chi connectivity index (χ3v) is 4.95. The van der Waals surface area contributed by atoms with Crippen molar-refractivity contribution in [3.05, 3.63) is 30.3 Å². The Balaban J connectivity index is 1.50. The zero-order valence-corrected chi connectivity index (χ0v) is 13.1. The van der Waals surface area contributed by atoms with E-state index in [1.165, 1.54) is 6.42 Å². The van der Waals surface area contributed by atoms with Gasteiger partial charge in [-0.05, 0) is 31.4 Å². The highest BCUT2D eigenvalue weighted by atomic mass is 16.3. The van der Waals surface area contributed by atoms with Crippen LogP contribution in [0.2, 0.25) is 0 Å². The highest BCUT2D eigenvalue weighted by Crippen LogP contribution is 2.31. The van der Waals surface area contributed by atoms with Crippen LogP contribution in [-0.2, 0) is 4.79 Å². The standard InChI is InChI=1S/C18H26N2O2/c21-17(13-18(22)10-5-2-6-11-18)20-12-9-16(14-20)19-15-7-3-1-4-8-15/h1,3-4,7-8,16,19,22H,2,5-6,9-14H2. The number of nitrogens with one attached hydrogen (secondary N) is 1. The number of hydrogen-bond acceptors (Lipinski definition) is 3. The van der Waals surface area contributed by atoms with Crippen molar-refractivity contribution in [1.82, 2.24) is 4.90 Å². The van der Waals surface area contributed by atoms with Gasteiger partial charge in [0, 0.05) is 24.8 Å². The Morgan fingerprint density at radius 2 is 1.95 bits per heavy atom. The summed E-state index contributed by atoms with van der Waals surface area (Å²) in [5.41, 5.74) is 0.355. The van der Waals surface area contributed by atoms with Crippen LogP contribution in [0.4, 0.5) is 5.69 Å². The van der Waals surface area contributed by atoms with E-state index in [-0.39, 0.29) is 5.91 Å². The van der Waals surface area contributed by atoms with E-state index in [0.717, 1.165) is 50.9 Å². The van der Waals surface area contributed by atoms with Crippen LogP contribution < -0.4 is 5.32 Å². The number of hydrogen-bond donors (Lipinski definition) is 2. The molecule has 1 aromatic carbocycles. The fourth-order valence-corrected chi connectivity index (χ4v) is 3.65. The van der Waals surface area contributed by atoms with Crippen LogP contribution in [-0.4, -0.2) is 40.6 Å². The van der Waals surface area contributed by atoms with Gasteiger partial charge in [-0.25, -0.2) is 0 Å². The first-order valence-electron chi connectivity index (χ1n) is 8.46. The van der Waals surface area contributed by atoms with Gasteiger partial charge in [0.1, 0.15) is 0 Å². The second-order valence-electron chi connectivity index (χ2n) is 6.80. The van der Waals surface area contributed by atoms with Crippen molar-refractivity contribution in [2.75, 3.05) is 18.4 Å². The van der Waals surface area contributed by atoms with Crippen molar-refractivity contribution < 1.29 is 9.90 Å². The smallest absolute Gasteiger partial charge is 0.225 e. The minimum absolute atomic E-state index is 0.113. The predicted octanol–water partition coefficient (Wildman–Crippen LogP) is 2.78. The van der Waals surface area contributed by atoms with E-state index in [4.69, 9.17) is 0 Å². The molecule has 1 heterocycles. The maximum absolute atomic E-state index is 12.5. The van der Waals surface area contributed by atoms with Crippen molar-refractivity contribution in [1.29, 1.82) is 0 Å². The van der Waals surface area contributed by atoms with Gasteiger partial charge in [0.05, 0.1) is 12.0 Å². The summed E-state index contributed by atoms with van der Waals surface area (Å²) in [4.78, 5) is 14.4. The zero-order chi connectivity index (χ0) is 15.4. The normalized spacial score (nSPS) is 24.2. The van der Waals surface area contributed by atoms with Crippen LogP contribution in [0.5, 0.6) is 0 Å². The lowest BCUT2D eigenvalue weighted by atomic mass is 9.82. The largest absolute Gasteiger partial charge is 0.389 e. The second kappa shape index (κ2) is 6.69. The summed E-state index contributed by atoms with van der Waals surface area (Å²) in [6, 6.07) is 10.4. The first kappa shape index (κ1) is 15.3. The number of benzene rings is 1. The number of nitrogens with zero attached hydrogens (tertiary/aromatic N) is 1. The van der Waals surface area contributed by atoms with E-state index in [2.05, 4.69) is 17.4 Å². The summed E-state index contributed by atoms with van der Waals surface area (Å²) < 4.78 is 0. The average molecular weight is 302 g/mol. The minimum atomic E-state index is -0.750. The molecule has 0 bridgehead atoms. The average Bonchev–Trinajstić information content (AvgIpc) is 2.97. The number of carbonyl (C=O) groups excluding carboxylic acids is 1. The number of rotatable bonds is 4. The second-order valence-corrected chi connectivity index (χ2v) is 6.80. The maximum atomic E-state index is 12.5. The van der Waals surface area contributed by atoms with Gasteiger partial charge in [-0.2, -0.15) is 0 Å². The van der Waals surface area contributed by atoms with Crippen molar-refractivity contribution in [2.45, 2.75) is 56.6 Å². The lowest BCUT2D eigenvalue weighted by Crippen LogP contribution is -2.40. The lowest BCUT2D eigenvalue weighted by Gasteiger charge is -2.32. The van der Waals surface area contributed by atoms with Crippen LogP contribution in [0.15, 0.2) is 30.3 Å². The molecule has 22 heavy (non-hydrogen) atoms. The number of anilines is 1. The zero-order valence-electron chi connectivity index (χ0n) is 13.1. The molecule has 1 saturated heterocycles. The molecule has 1 unspecified atom stereocenters. The fraction of sp³-hybridized carbons (Fsp3) is 0.611. The first-order chi connectivity index (χ1) is 10.6. The Labute approximate surface area is 132 Å². The van der Waals surface area contributed by atoms with E-state index in [1.54, 1.807) is 0 Å². The number of likely N-dealkylation sites (tertiary alicyclic amines) is 1. The van der Waals surface area contributed by atoms with Crippen molar-refractivity contribution in [3.8, 4) is 0 Å². The summed E-state index contributed by atoms with van der Waals surface area (Å²) in [5, 5.41) is 14.0. The van der Waals surface area contributed by atoms with Gasteiger partial charge in [0.2, 0.25) is 5.91 Å². The molecule has 4 heteroatoms. The quantitative estimate of drug-likeness (QED) is 0.899. The molecule has 120 valence electrons. The topological polar surface area (TPSA) is 52.6 Å². The van der Waals surface area contributed by atoms with Crippen molar-refractivity contribution >= 4 is 11.6 Å². The number of carbonyl (C=O) groups is 1. The molecule has 2 aliphatic rings. The van der Waals surface area contributed by atoms with Gasteiger partial charge in [-0.1, -0.05) is 37.5 Å². The van der Waals surface area contributed by atoms with Crippen molar-refractivity contribution in [2.24, 2.45) is 0 Å². The van der Waals surface area contributed by atoms with Crippen LogP contribution in [0.3, 0.4) is 0 Å². The highest BCUT2D eigenvalue weighted by Gasteiger charge is 2.35.